The summed E-state index contributed by atoms with van der Waals surface area (Å²) in [6.45, 7) is 0. The van der Waals surface area contributed by atoms with Gasteiger partial charge in [0.25, 0.3) is 5.91 Å². The minimum absolute atomic E-state index is 0.0905. The van der Waals surface area contributed by atoms with Crippen molar-refractivity contribution in [3.63, 3.8) is 0 Å². The number of nitrogens with one attached hydrogen (secondary N) is 1. The van der Waals surface area contributed by atoms with Gasteiger partial charge in [0.1, 0.15) is 5.82 Å². The van der Waals surface area contributed by atoms with Crippen molar-refractivity contribution in [2.75, 3.05) is 5.32 Å². The maximum atomic E-state index is 13.4. The molecule has 0 atom stereocenters. The molecule has 26 heavy (non-hydrogen) atoms. The van der Waals surface area contributed by atoms with E-state index >= 15 is 0 Å². The number of anilines is 1. The lowest BCUT2D eigenvalue weighted by Crippen LogP contribution is -2.12. The summed E-state index contributed by atoms with van der Waals surface area (Å²) in [6.07, 6.45) is -4.45. The number of benzene rings is 2. The standard InChI is InChI=1S/C17H9BrF4N2OS/c18-12-5-10(6-13(19)7-12)15(25)24-16-23-14(8-26-16)9-2-1-3-11(4-9)17(20,21)22/h1-8H,(H,23,24,25). The Hall–Kier alpha value is -2.26. The quantitative estimate of drug-likeness (QED) is 0.504. The average Bonchev–Trinajstić information content (AvgIpc) is 3.02. The van der Waals surface area contributed by atoms with E-state index in [2.05, 4.69) is 26.2 Å². The zero-order chi connectivity index (χ0) is 18.9. The van der Waals surface area contributed by atoms with Crippen molar-refractivity contribution < 1.29 is 22.4 Å². The highest BCUT2D eigenvalue weighted by Crippen LogP contribution is 2.33. The van der Waals surface area contributed by atoms with E-state index in [0.29, 0.717) is 10.2 Å². The summed E-state index contributed by atoms with van der Waals surface area (Å²) >= 11 is 4.16. The molecule has 1 aromatic heterocycles. The van der Waals surface area contributed by atoms with Gasteiger partial charge in [-0.1, -0.05) is 28.1 Å². The maximum absolute atomic E-state index is 13.4. The molecule has 0 saturated heterocycles. The van der Waals surface area contributed by atoms with Crippen LogP contribution in [0.3, 0.4) is 0 Å². The molecular formula is C17H9BrF4N2OS. The summed E-state index contributed by atoms with van der Waals surface area (Å²) in [5.41, 5.74) is -0.104. The molecule has 3 nitrogen and oxygen atoms in total. The predicted molar refractivity (Wildman–Crippen MR) is 94.6 cm³/mol. The van der Waals surface area contributed by atoms with Crippen LogP contribution in [0.2, 0.25) is 0 Å². The third-order valence-corrected chi connectivity index (χ3v) is 4.55. The van der Waals surface area contributed by atoms with Gasteiger partial charge in [-0.25, -0.2) is 9.37 Å². The number of thiazole rings is 1. The molecule has 0 aliphatic heterocycles. The maximum Gasteiger partial charge on any atom is 0.416 e. The molecular weight excluding hydrogens is 436 g/mol. The highest BCUT2D eigenvalue weighted by atomic mass is 79.9. The van der Waals surface area contributed by atoms with Crippen molar-refractivity contribution in [1.29, 1.82) is 0 Å². The lowest BCUT2D eigenvalue weighted by molar-refractivity contribution is -0.137. The number of carbonyl (C=O) groups excluding carboxylic acids is 1. The van der Waals surface area contributed by atoms with Crippen LogP contribution >= 0.6 is 27.3 Å². The molecule has 0 aliphatic carbocycles. The van der Waals surface area contributed by atoms with Gasteiger partial charge in [-0.15, -0.1) is 11.3 Å². The second-order valence-corrected chi connectivity index (χ2v) is 7.00. The van der Waals surface area contributed by atoms with E-state index in [-0.39, 0.29) is 16.3 Å². The summed E-state index contributed by atoms with van der Waals surface area (Å²) in [4.78, 5) is 16.3. The van der Waals surface area contributed by atoms with Gasteiger partial charge in [-0.3, -0.25) is 10.1 Å². The minimum atomic E-state index is -4.45. The lowest BCUT2D eigenvalue weighted by atomic mass is 10.1. The number of amides is 1. The molecule has 134 valence electrons. The van der Waals surface area contributed by atoms with E-state index in [9.17, 15) is 22.4 Å². The van der Waals surface area contributed by atoms with Crippen LogP contribution in [-0.4, -0.2) is 10.9 Å². The second-order valence-electron chi connectivity index (χ2n) is 5.23. The van der Waals surface area contributed by atoms with Gasteiger partial charge in [-0.2, -0.15) is 13.2 Å². The normalized spacial score (nSPS) is 11.4. The molecule has 0 fully saturated rings. The molecule has 0 radical (unpaired) electrons. The molecule has 2 aromatic carbocycles. The molecule has 0 bridgehead atoms. The van der Waals surface area contributed by atoms with Crippen LogP contribution in [0.1, 0.15) is 15.9 Å². The summed E-state index contributed by atoms with van der Waals surface area (Å²) in [5, 5.41) is 4.24. The van der Waals surface area contributed by atoms with Crippen molar-refractivity contribution in [3.05, 3.63) is 69.3 Å². The van der Waals surface area contributed by atoms with Gasteiger partial charge in [0.05, 0.1) is 11.3 Å². The number of hydrogen-bond acceptors (Lipinski definition) is 3. The first-order valence-electron chi connectivity index (χ1n) is 7.13. The first-order chi connectivity index (χ1) is 12.2. The topological polar surface area (TPSA) is 42.0 Å². The van der Waals surface area contributed by atoms with E-state index < -0.39 is 23.5 Å². The van der Waals surface area contributed by atoms with Crippen LogP contribution in [0.4, 0.5) is 22.7 Å². The highest BCUT2D eigenvalue weighted by molar-refractivity contribution is 9.10. The number of alkyl halides is 3. The third kappa shape index (κ3) is 4.28. The predicted octanol–water partition coefficient (Wildman–Crippen LogP) is 5.98. The Kier molecular flexibility index (Phi) is 5.10. The van der Waals surface area contributed by atoms with Crippen LogP contribution in [0.5, 0.6) is 0 Å². The van der Waals surface area contributed by atoms with Gasteiger partial charge < -0.3 is 0 Å². The smallest absolute Gasteiger partial charge is 0.298 e. The Labute approximate surface area is 157 Å². The zero-order valence-corrected chi connectivity index (χ0v) is 15.2. The zero-order valence-electron chi connectivity index (χ0n) is 12.8. The number of halogens is 5. The molecule has 1 N–H and O–H groups in total. The van der Waals surface area contributed by atoms with E-state index in [4.69, 9.17) is 0 Å². The summed E-state index contributed by atoms with van der Waals surface area (Å²) in [6, 6.07) is 8.48. The Balaban J connectivity index is 1.81. The average molecular weight is 445 g/mol. The Morgan fingerprint density at radius 2 is 1.92 bits per heavy atom. The van der Waals surface area contributed by atoms with Crippen LogP contribution in [0.15, 0.2) is 52.3 Å². The van der Waals surface area contributed by atoms with Crippen molar-refractivity contribution >= 4 is 38.3 Å². The van der Waals surface area contributed by atoms with Gasteiger partial charge >= 0.3 is 6.18 Å². The van der Waals surface area contributed by atoms with Crippen LogP contribution in [0, 0.1) is 5.82 Å². The molecule has 9 heteroatoms. The highest BCUT2D eigenvalue weighted by Gasteiger charge is 2.30. The van der Waals surface area contributed by atoms with Gasteiger partial charge in [0.15, 0.2) is 5.13 Å². The van der Waals surface area contributed by atoms with Crippen LogP contribution in [-0.2, 0) is 6.18 Å². The van der Waals surface area contributed by atoms with Crippen molar-refractivity contribution in [1.82, 2.24) is 4.98 Å². The van der Waals surface area contributed by atoms with Crippen molar-refractivity contribution in [3.8, 4) is 11.3 Å². The molecule has 1 heterocycles. The van der Waals surface area contributed by atoms with Gasteiger partial charge in [0.2, 0.25) is 0 Å². The minimum Gasteiger partial charge on any atom is -0.298 e. The van der Waals surface area contributed by atoms with Gasteiger partial charge in [-0.05, 0) is 30.3 Å². The molecule has 0 unspecified atom stereocenters. The molecule has 1 amide bonds. The second kappa shape index (κ2) is 7.16. The van der Waals surface area contributed by atoms with E-state index in [0.717, 1.165) is 29.5 Å². The Morgan fingerprint density at radius 1 is 1.15 bits per heavy atom. The summed E-state index contributed by atoms with van der Waals surface area (Å²) in [7, 11) is 0. The fraction of sp³-hybridized carbons (Fsp3) is 0.0588. The largest absolute Gasteiger partial charge is 0.416 e. The van der Waals surface area contributed by atoms with E-state index in [1.165, 1.54) is 29.6 Å². The number of hydrogen-bond donors (Lipinski definition) is 1. The first kappa shape index (κ1) is 18.5. The first-order valence-corrected chi connectivity index (χ1v) is 8.80. The Morgan fingerprint density at radius 3 is 2.62 bits per heavy atom. The Bertz CT molecular complexity index is 951. The number of rotatable bonds is 3. The van der Waals surface area contributed by atoms with E-state index in [1.807, 2.05) is 0 Å². The third-order valence-electron chi connectivity index (χ3n) is 3.34. The monoisotopic (exact) mass is 444 g/mol. The molecule has 3 aromatic rings. The van der Waals surface area contributed by atoms with Crippen molar-refractivity contribution in [2.24, 2.45) is 0 Å². The van der Waals surface area contributed by atoms with Crippen LogP contribution in [0.25, 0.3) is 11.3 Å². The molecule has 3 rings (SSSR count). The number of aromatic nitrogens is 1. The summed E-state index contributed by atoms with van der Waals surface area (Å²) < 4.78 is 52.2. The number of carbonyl (C=O) groups is 1. The van der Waals surface area contributed by atoms with Crippen molar-refractivity contribution in [2.45, 2.75) is 6.18 Å². The number of nitrogens with zero attached hydrogens (tertiary/aromatic N) is 1. The fourth-order valence-corrected chi connectivity index (χ4v) is 3.35. The van der Waals surface area contributed by atoms with Crippen LogP contribution < -0.4 is 5.32 Å². The summed E-state index contributed by atoms with van der Waals surface area (Å²) in [5.74, 6) is -1.15. The van der Waals surface area contributed by atoms with E-state index in [1.54, 1.807) is 0 Å². The molecule has 0 aliphatic rings. The molecule has 0 spiro atoms. The molecule has 0 saturated carbocycles. The lowest BCUT2D eigenvalue weighted by Gasteiger charge is -2.07. The fourth-order valence-electron chi connectivity index (χ4n) is 2.17. The SMILES string of the molecule is O=C(Nc1nc(-c2cccc(C(F)(F)F)c2)cs1)c1cc(F)cc(Br)c1. The van der Waals surface area contributed by atoms with Gasteiger partial charge in [0, 0.05) is 21.0 Å².